The van der Waals surface area contributed by atoms with Gasteiger partial charge in [-0.25, -0.2) is 9.59 Å². The number of benzene rings is 1. The van der Waals surface area contributed by atoms with Crippen molar-refractivity contribution in [3.63, 3.8) is 0 Å². The molecule has 0 saturated carbocycles. The summed E-state index contributed by atoms with van der Waals surface area (Å²) >= 11 is 0. The number of ether oxygens (including phenoxy) is 2. The Balaban J connectivity index is 0.00000221. The Morgan fingerprint density at radius 3 is 1.31 bits per heavy atom. The van der Waals surface area contributed by atoms with Gasteiger partial charge in [0.25, 0.3) is 0 Å². The zero-order valence-electron chi connectivity index (χ0n) is 30.1. The quantitative estimate of drug-likeness (QED) is 0.0404. The number of anilines is 1. The number of aromatic carboxylic acids is 1. The van der Waals surface area contributed by atoms with Gasteiger partial charge in [0, 0.05) is 11.3 Å². The fourth-order valence-electron chi connectivity index (χ4n) is 4.80. The first-order valence-electron chi connectivity index (χ1n) is 15.4. The summed E-state index contributed by atoms with van der Waals surface area (Å²) in [5, 5.41) is 61.1. The number of carboxylic acid groups (broad SMARTS) is 1. The van der Waals surface area contributed by atoms with E-state index in [1.807, 2.05) is 0 Å². The Hall–Kier alpha value is -4.90. The number of aliphatic hydroxyl groups is 5. The largest absolute Gasteiger partial charge is 0.478 e. The summed E-state index contributed by atoms with van der Waals surface area (Å²) in [4.78, 5) is 79.1. The van der Waals surface area contributed by atoms with Crippen LogP contribution in [0.2, 0.25) is 0 Å². The number of hydrogen-bond acceptors (Lipinski definition) is 14. The second-order valence-electron chi connectivity index (χ2n) is 12.6. The number of esters is 1. The van der Waals surface area contributed by atoms with Crippen LogP contribution in [0.1, 0.15) is 45.0 Å². The molecule has 0 spiro atoms. The second-order valence-corrected chi connectivity index (χ2v) is 12.6. The lowest BCUT2D eigenvalue weighted by atomic mass is 9.54. The van der Waals surface area contributed by atoms with Crippen LogP contribution in [-0.4, -0.2) is 117 Å². The average Bonchev–Trinajstić information content (AvgIpc) is 3.09. The fraction of sp³-hybridized carbons (Fsp3) is 0.405. The van der Waals surface area contributed by atoms with Gasteiger partial charge in [-0.15, -0.1) is 0 Å². The molecule has 286 valence electrons. The molecule has 1 unspecified atom stereocenters. The van der Waals surface area contributed by atoms with Crippen molar-refractivity contribution < 1.29 is 68.9 Å². The van der Waals surface area contributed by atoms with Crippen LogP contribution in [0.4, 0.5) is 5.69 Å². The number of rotatable bonds is 21. The van der Waals surface area contributed by atoms with Gasteiger partial charge in [-0.05, 0) is 81.2 Å². The van der Waals surface area contributed by atoms with Gasteiger partial charge >= 0.3 is 11.9 Å². The Kier molecular flexibility index (Phi) is 17.3. The van der Waals surface area contributed by atoms with Gasteiger partial charge in [0.2, 0.25) is 22.8 Å². The summed E-state index contributed by atoms with van der Waals surface area (Å²) in [7, 11) is 0. The van der Waals surface area contributed by atoms with Crippen LogP contribution in [0.25, 0.3) is 0 Å². The molecule has 0 bridgehead atoms. The smallest absolute Gasteiger partial charge is 0.335 e. The number of nitrogen functional groups attached to an aromatic ring is 1. The highest BCUT2D eigenvalue weighted by molar-refractivity contribution is 6.28. The van der Waals surface area contributed by atoms with E-state index in [4.69, 9.17) is 20.3 Å². The van der Waals surface area contributed by atoms with Crippen LogP contribution in [0, 0.1) is 10.8 Å². The van der Waals surface area contributed by atoms with E-state index in [0.29, 0.717) is 5.69 Å². The van der Waals surface area contributed by atoms with E-state index in [2.05, 4.69) is 32.9 Å². The molecule has 0 heterocycles. The first-order chi connectivity index (χ1) is 23.9. The maximum absolute atomic E-state index is 14.1. The molecule has 0 aromatic heterocycles. The molecule has 0 radical (unpaired) electrons. The number of aliphatic hydroxyl groups excluding tert-OH is 4. The van der Waals surface area contributed by atoms with E-state index in [0.717, 1.165) is 34.6 Å². The van der Waals surface area contributed by atoms with Crippen LogP contribution in [0.3, 0.4) is 0 Å². The van der Waals surface area contributed by atoms with Crippen molar-refractivity contribution in [2.45, 2.75) is 45.8 Å². The third-order valence-corrected chi connectivity index (χ3v) is 8.00. The molecule has 1 aromatic carbocycles. The molecule has 8 N–H and O–H groups in total. The summed E-state index contributed by atoms with van der Waals surface area (Å²) in [5.74, 6) is -8.21. The van der Waals surface area contributed by atoms with E-state index in [1.165, 1.54) is 12.1 Å². The SMILES string of the molecule is C=C(C)C(=O)OC(C(=O)C(=C)C)(C(=O)C(=C)C)C(CO)(COCC(CO)(CO)CO)C(O)(C(=O)C(=C)C)C(=O)C(=C)C.Nc1ccc(C(=O)O)cc1. The predicted molar refractivity (Wildman–Crippen MR) is 190 cm³/mol. The number of carboxylic acids is 1. The van der Waals surface area contributed by atoms with E-state index in [9.17, 15) is 54.3 Å². The van der Waals surface area contributed by atoms with E-state index >= 15 is 0 Å². The zero-order valence-corrected chi connectivity index (χ0v) is 30.1. The zero-order chi connectivity index (χ0) is 41.0. The molecular formula is C37H49NO14. The minimum absolute atomic E-state index is 0.259. The molecule has 1 aromatic rings. The van der Waals surface area contributed by atoms with Crippen molar-refractivity contribution in [3.8, 4) is 0 Å². The van der Waals surface area contributed by atoms with Crippen molar-refractivity contribution >= 4 is 40.8 Å². The van der Waals surface area contributed by atoms with Gasteiger partial charge in [-0.2, -0.15) is 0 Å². The van der Waals surface area contributed by atoms with Crippen LogP contribution in [0.15, 0.2) is 85.0 Å². The van der Waals surface area contributed by atoms with Crippen molar-refractivity contribution in [3.05, 3.63) is 90.6 Å². The number of nitrogens with two attached hydrogens (primary N) is 1. The highest BCUT2D eigenvalue weighted by Gasteiger charge is 2.76. The molecule has 15 nitrogen and oxygen atoms in total. The monoisotopic (exact) mass is 731 g/mol. The molecule has 0 aliphatic carbocycles. The standard InChI is InChI=1S/C30H42O12.C7H7NO2/c1-17(2)22(35)29(40,23(36)18(3)4)28(14-34,16-41-15-27(11-31,12-32)13-33)30(24(37)19(5)6,25(38)20(7)8)42-26(39)21(9)10;8-6-3-1-5(2-4-6)7(9)10/h31-34,40H,1,3,5,7,9,11-16H2,2,4,6,8,10H3;1-4H,8H2,(H,9,10). The normalized spacial score (nSPS) is 12.6. The van der Waals surface area contributed by atoms with E-state index in [-0.39, 0.29) is 11.1 Å². The maximum atomic E-state index is 14.1. The molecule has 52 heavy (non-hydrogen) atoms. The number of hydrogen-bond donors (Lipinski definition) is 7. The number of carbonyl (C=O) groups is 6. The minimum Gasteiger partial charge on any atom is -0.478 e. The molecule has 0 saturated heterocycles. The van der Waals surface area contributed by atoms with Gasteiger partial charge in [0.05, 0.1) is 50.6 Å². The summed E-state index contributed by atoms with van der Waals surface area (Å²) in [6.45, 7) is 16.7. The van der Waals surface area contributed by atoms with Crippen molar-refractivity contribution in [2.24, 2.45) is 10.8 Å². The van der Waals surface area contributed by atoms with Gasteiger partial charge in [-0.1, -0.05) is 32.9 Å². The highest BCUT2D eigenvalue weighted by Crippen LogP contribution is 2.50. The summed E-state index contributed by atoms with van der Waals surface area (Å²) in [6.07, 6.45) is 0. The third kappa shape index (κ3) is 9.50. The number of ketones is 4. The molecule has 1 rings (SSSR count). The van der Waals surface area contributed by atoms with E-state index < -0.39 is 119 Å². The molecule has 0 fully saturated rings. The fourth-order valence-corrected chi connectivity index (χ4v) is 4.80. The first-order valence-corrected chi connectivity index (χ1v) is 15.4. The minimum atomic E-state index is -3.63. The van der Waals surface area contributed by atoms with Gasteiger partial charge in [0.15, 0.2) is 11.6 Å². The molecular weight excluding hydrogens is 682 g/mol. The Morgan fingerprint density at radius 2 is 1.02 bits per heavy atom. The maximum Gasteiger partial charge on any atom is 0.335 e. The van der Waals surface area contributed by atoms with Crippen LogP contribution in [-0.2, 0) is 33.4 Å². The Labute approximate surface area is 302 Å². The Bertz CT molecular complexity index is 1560. The van der Waals surface area contributed by atoms with Crippen molar-refractivity contribution in [2.75, 3.05) is 45.4 Å². The van der Waals surface area contributed by atoms with Crippen LogP contribution < -0.4 is 5.73 Å². The lowest BCUT2D eigenvalue weighted by Gasteiger charge is -2.53. The lowest BCUT2D eigenvalue weighted by molar-refractivity contribution is -0.230. The molecule has 0 aliphatic rings. The molecule has 1 atom stereocenters. The topological polar surface area (TPSA) is 268 Å². The van der Waals surface area contributed by atoms with Gasteiger partial charge in [0.1, 0.15) is 5.41 Å². The highest BCUT2D eigenvalue weighted by atomic mass is 16.6. The van der Waals surface area contributed by atoms with Crippen LogP contribution >= 0.6 is 0 Å². The third-order valence-electron chi connectivity index (χ3n) is 8.00. The second kappa shape index (κ2) is 19.1. The number of Topliss-reactive ketones (excluding diaryl/α,β-unsaturated/α-hetero) is 4. The summed E-state index contributed by atoms with van der Waals surface area (Å²) in [5.41, 5.74) is -8.17. The van der Waals surface area contributed by atoms with Gasteiger partial charge in [-0.3, -0.25) is 19.2 Å². The first kappa shape index (κ1) is 47.1. The van der Waals surface area contributed by atoms with Crippen molar-refractivity contribution in [1.82, 2.24) is 0 Å². The van der Waals surface area contributed by atoms with Crippen LogP contribution in [0.5, 0.6) is 0 Å². The molecule has 15 heteroatoms. The van der Waals surface area contributed by atoms with Crippen molar-refractivity contribution in [1.29, 1.82) is 0 Å². The predicted octanol–water partition coefficient (Wildman–Crippen LogP) is 1.08. The lowest BCUT2D eigenvalue weighted by Crippen LogP contribution is -2.78. The molecule has 0 amide bonds. The van der Waals surface area contributed by atoms with E-state index in [1.54, 1.807) is 12.1 Å². The summed E-state index contributed by atoms with van der Waals surface area (Å²) in [6, 6.07) is 6.06. The summed E-state index contributed by atoms with van der Waals surface area (Å²) < 4.78 is 11.1. The average molecular weight is 732 g/mol. The van der Waals surface area contributed by atoms with Gasteiger partial charge < -0.3 is 45.8 Å². The Morgan fingerprint density at radius 1 is 0.635 bits per heavy atom. The molecule has 0 aliphatic heterocycles. The number of carbonyl (C=O) groups excluding carboxylic acids is 5.